The first-order valence-corrected chi connectivity index (χ1v) is 20.5. The molecule has 2 fully saturated rings. The minimum atomic E-state index is -2.70. The number of carbonyl (C=O) groups is 2. The van der Waals surface area contributed by atoms with Crippen LogP contribution in [0.3, 0.4) is 0 Å². The van der Waals surface area contributed by atoms with Crippen LogP contribution in [-0.2, 0) is 11.2 Å². The summed E-state index contributed by atoms with van der Waals surface area (Å²) in [5, 5.41) is 4.78. The van der Waals surface area contributed by atoms with Gasteiger partial charge in [-0.15, -0.1) is 0 Å². The van der Waals surface area contributed by atoms with Crippen molar-refractivity contribution in [3.05, 3.63) is 82.9 Å². The van der Waals surface area contributed by atoms with Gasteiger partial charge in [0.05, 0.1) is 5.92 Å². The first kappa shape index (κ1) is 26.5. The molecule has 4 heterocycles. The number of halogens is 1. The molecule has 1 unspecified atom stereocenters. The first-order chi connectivity index (χ1) is 19.9. The zero-order valence-corrected chi connectivity index (χ0v) is 26.4. The SMILES string of the molecule is C[C@@H]1c2ccc#cc2C[CH2][In]1[C](=O)c1cc(C2CC2)n2nc(-c3ccc(N4CCCC(C(N)=O)C4)cc3F)cc2n1. The van der Waals surface area contributed by atoms with E-state index in [0.29, 0.717) is 35.1 Å². The van der Waals surface area contributed by atoms with Gasteiger partial charge in [0.15, 0.2) is 0 Å². The Bertz CT molecular complexity index is 1680. The number of benzene rings is 1. The number of nitrogens with two attached hydrogens (primary N) is 1. The van der Waals surface area contributed by atoms with E-state index >= 15 is 4.39 Å². The zero-order chi connectivity index (χ0) is 28.2. The van der Waals surface area contributed by atoms with Gasteiger partial charge < -0.3 is 5.73 Å². The van der Waals surface area contributed by atoms with E-state index in [4.69, 9.17) is 15.8 Å². The van der Waals surface area contributed by atoms with E-state index < -0.39 is 21.4 Å². The van der Waals surface area contributed by atoms with Gasteiger partial charge in [-0.1, -0.05) is 0 Å². The van der Waals surface area contributed by atoms with Crippen LogP contribution < -0.4 is 10.6 Å². The molecule has 2 aliphatic heterocycles. The van der Waals surface area contributed by atoms with E-state index in [0.717, 1.165) is 54.2 Å². The van der Waals surface area contributed by atoms with Gasteiger partial charge in [0.1, 0.15) is 0 Å². The fourth-order valence-corrected chi connectivity index (χ4v) is 15.5. The predicted octanol–water partition coefficient (Wildman–Crippen LogP) is 4.83. The molecular weight excluding hydrogens is 620 g/mol. The van der Waals surface area contributed by atoms with Crippen LogP contribution in [0.25, 0.3) is 16.9 Å². The van der Waals surface area contributed by atoms with Crippen LogP contribution in [0.4, 0.5) is 10.1 Å². The summed E-state index contributed by atoms with van der Waals surface area (Å²) in [6.45, 7) is 3.46. The number of aromatic nitrogens is 3. The molecule has 4 aromatic rings. The summed E-state index contributed by atoms with van der Waals surface area (Å²) in [5.74, 6) is -0.565. The normalized spacial score (nSPS) is 20.5. The number of hydrogen-bond donors (Lipinski definition) is 1. The molecule has 0 spiro atoms. The molecule has 1 saturated carbocycles. The van der Waals surface area contributed by atoms with Gasteiger partial charge in [0, 0.05) is 0 Å². The van der Waals surface area contributed by atoms with Gasteiger partial charge in [-0.2, -0.15) is 0 Å². The van der Waals surface area contributed by atoms with Crippen LogP contribution in [0, 0.1) is 23.9 Å². The van der Waals surface area contributed by atoms with Crippen molar-refractivity contribution < 1.29 is 14.0 Å². The molecule has 2 atom stereocenters. The van der Waals surface area contributed by atoms with Crippen molar-refractivity contribution in [3.8, 4) is 11.3 Å². The quantitative estimate of drug-likeness (QED) is 0.323. The van der Waals surface area contributed by atoms with Gasteiger partial charge >= 0.3 is 212 Å². The number of amides is 1. The number of piperidine rings is 1. The molecule has 0 bridgehead atoms. The molecular formula is C32H31FInN5O2. The summed E-state index contributed by atoms with van der Waals surface area (Å²) in [4.78, 5) is 32.5. The number of carbonyl (C=O) groups excluding carboxylic acids is 2. The molecule has 1 saturated heterocycles. The number of fused-ring (bicyclic) bond motifs is 2. The Hall–Kier alpha value is -3.38. The van der Waals surface area contributed by atoms with Gasteiger partial charge in [0.2, 0.25) is 5.91 Å². The van der Waals surface area contributed by atoms with Crippen molar-refractivity contribution in [2.24, 2.45) is 11.7 Å². The summed E-state index contributed by atoms with van der Waals surface area (Å²) < 4.78 is 18.8. The summed E-state index contributed by atoms with van der Waals surface area (Å²) >= 11 is -2.70. The third-order valence-electron chi connectivity index (χ3n) is 9.17. The molecule has 206 valence electrons. The Labute approximate surface area is 246 Å². The maximum absolute atomic E-state index is 15.5. The van der Waals surface area contributed by atoms with Crippen molar-refractivity contribution in [3.63, 3.8) is 0 Å². The predicted molar refractivity (Wildman–Crippen MR) is 156 cm³/mol. The van der Waals surface area contributed by atoms with E-state index in [9.17, 15) is 9.59 Å². The molecule has 7 rings (SSSR count). The second kappa shape index (κ2) is 10.5. The Morgan fingerprint density at radius 2 is 2.00 bits per heavy atom. The monoisotopic (exact) mass is 651 g/mol. The van der Waals surface area contributed by atoms with Gasteiger partial charge in [0.25, 0.3) is 0 Å². The third-order valence-corrected chi connectivity index (χ3v) is 19.0. The van der Waals surface area contributed by atoms with E-state index in [1.165, 1.54) is 17.2 Å². The second-order valence-corrected chi connectivity index (χ2v) is 21.3. The summed E-state index contributed by atoms with van der Waals surface area (Å²) in [6.07, 6.45) is 4.61. The maximum atomic E-state index is 15.5. The van der Waals surface area contributed by atoms with Crippen LogP contribution in [-0.4, -0.2) is 58.6 Å². The first-order valence-electron chi connectivity index (χ1n) is 14.6. The molecule has 3 aliphatic rings. The van der Waals surface area contributed by atoms with Gasteiger partial charge in [-0.25, -0.2) is 0 Å². The average molecular weight is 651 g/mol. The van der Waals surface area contributed by atoms with Crippen molar-refractivity contribution in [1.29, 1.82) is 0 Å². The number of rotatable bonds is 6. The fourth-order valence-electron chi connectivity index (χ4n) is 6.66. The van der Waals surface area contributed by atoms with Crippen molar-refractivity contribution in [1.82, 2.24) is 14.6 Å². The molecule has 2 N–H and O–H groups in total. The summed E-state index contributed by atoms with van der Waals surface area (Å²) in [5.41, 5.74) is 11.7. The van der Waals surface area contributed by atoms with Gasteiger partial charge in [-0.3, -0.25) is 4.79 Å². The molecule has 2 aromatic heterocycles. The zero-order valence-electron chi connectivity index (χ0n) is 23.1. The van der Waals surface area contributed by atoms with E-state index in [2.05, 4.69) is 25.1 Å². The van der Waals surface area contributed by atoms with Crippen molar-refractivity contribution in [2.75, 3.05) is 18.0 Å². The van der Waals surface area contributed by atoms with E-state index in [-0.39, 0.29) is 24.9 Å². The van der Waals surface area contributed by atoms with E-state index in [1.54, 1.807) is 16.6 Å². The number of anilines is 1. The molecule has 0 radical (unpaired) electrons. The Balaban J connectivity index is 1.20. The molecule has 1 amide bonds. The Morgan fingerprint density at radius 3 is 2.78 bits per heavy atom. The summed E-state index contributed by atoms with van der Waals surface area (Å²) in [6, 6.07) is 19.2. The Morgan fingerprint density at radius 1 is 1.15 bits per heavy atom. The second-order valence-electron chi connectivity index (χ2n) is 11.8. The average Bonchev–Trinajstić information content (AvgIpc) is 3.75. The van der Waals surface area contributed by atoms with Crippen LogP contribution in [0.2, 0.25) is 4.18 Å². The number of hydrogen-bond acceptors (Lipinski definition) is 5. The third kappa shape index (κ3) is 4.90. The van der Waals surface area contributed by atoms with Crippen LogP contribution in [0.5, 0.6) is 0 Å². The van der Waals surface area contributed by atoms with Crippen LogP contribution >= 0.6 is 0 Å². The van der Waals surface area contributed by atoms with Crippen molar-refractivity contribution in [2.45, 2.75) is 52.8 Å². The topological polar surface area (TPSA) is 93.6 Å². The molecule has 41 heavy (non-hydrogen) atoms. The fraction of sp³-hybridized carbons (Fsp3) is 0.375. The van der Waals surface area contributed by atoms with Crippen LogP contribution in [0.1, 0.15) is 69.5 Å². The Kier molecular flexibility index (Phi) is 6.77. The number of primary amides is 1. The van der Waals surface area contributed by atoms with E-state index in [1.807, 2.05) is 23.1 Å². The molecule has 9 heteroatoms. The molecule has 7 nitrogen and oxygen atoms in total. The van der Waals surface area contributed by atoms with Gasteiger partial charge in [-0.05, 0) is 12.8 Å². The summed E-state index contributed by atoms with van der Waals surface area (Å²) in [7, 11) is 0. The van der Waals surface area contributed by atoms with Crippen LogP contribution in [0.15, 0.2) is 42.5 Å². The standard InChI is InChI=1S/C22H21FN5O2.C10H10.In/c23-18-9-16(27-7-1-2-14(11-27)22(24)30)5-6-17(18)19-10-21-25-15(12-29)8-20(13-3-4-13)28(21)26-19;1-3-9-7-5-6-8-10(9)4-2;/h5-6,8-10,13-14H,1-4,7,11H2,(H2,24,30);4,6,8H,1,3H2,2H3;. The minimum absolute atomic E-state index is 0.221. The molecule has 2 aromatic carbocycles. The molecule has 1 aliphatic carbocycles. The van der Waals surface area contributed by atoms with Crippen molar-refractivity contribution >= 4 is 42.2 Å². The number of nitrogens with zero attached hydrogens (tertiary/aromatic N) is 4.